The summed E-state index contributed by atoms with van der Waals surface area (Å²) < 4.78 is 31.6. The maximum Gasteiger partial charge on any atom is 0.336 e. The number of carbonyl (C=O) groups is 1. The number of hydrogen-bond donors (Lipinski definition) is 2. The summed E-state index contributed by atoms with van der Waals surface area (Å²) in [5.74, 6) is -0.499. The summed E-state index contributed by atoms with van der Waals surface area (Å²) in [7, 11) is -3.70. The molecule has 8 heteroatoms. The summed E-state index contributed by atoms with van der Waals surface area (Å²) in [4.78, 5) is 10.7. The fourth-order valence-electron chi connectivity index (χ4n) is 1.50. The number of carboxylic acids is 1. The number of hydrogen-bond acceptors (Lipinski definition) is 5. The molecule has 0 unspecified atom stereocenters. The Bertz CT molecular complexity index is 709. The van der Waals surface area contributed by atoms with Crippen molar-refractivity contribution in [3.8, 4) is 5.75 Å². The molecule has 0 aliphatic heterocycles. The predicted octanol–water partition coefficient (Wildman–Crippen LogP) is 1.80. The van der Waals surface area contributed by atoms with Crippen molar-refractivity contribution in [2.24, 2.45) is 0 Å². The molecule has 0 atom stereocenters. The summed E-state index contributed by atoms with van der Waals surface area (Å²) in [6.07, 6.45) is 0. The number of ether oxygens (including phenoxy) is 1. The van der Waals surface area contributed by atoms with Crippen LogP contribution in [0.1, 0.15) is 10.4 Å². The first-order chi connectivity index (χ1) is 9.99. The molecular weight excluding hydrogens is 314 g/mol. The number of thiophene rings is 1. The van der Waals surface area contributed by atoms with Crippen LogP contribution in [0.15, 0.2) is 46.0 Å². The number of aromatic carboxylic acids is 1. The molecule has 0 bridgehead atoms. The first kappa shape index (κ1) is 15.5. The average molecular weight is 327 g/mol. The minimum absolute atomic E-state index is 0.0281. The van der Waals surface area contributed by atoms with Crippen LogP contribution in [0, 0.1) is 0 Å². The van der Waals surface area contributed by atoms with E-state index in [1.807, 2.05) is 18.2 Å². The van der Waals surface area contributed by atoms with Crippen molar-refractivity contribution >= 4 is 27.3 Å². The van der Waals surface area contributed by atoms with E-state index < -0.39 is 16.0 Å². The number of nitrogens with one attached hydrogen (secondary N) is 1. The molecule has 1 aromatic heterocycles. The lowest BCUT2D eigenvalue weighted by Gasteiger charge is -2.07. The van der Waals surface area contributed by atoms with E-state index in [4.69, 9.17) is 9.84 Å². The van der Waals surface area contributed by atoms with Crippen LogP contribution < -0.4 is 9.46 Å². The SMILES string of the molecule is O=C(O)c1csc(S(=O)(=O)NCCOc2ccccc2)c1. The Morgan fingerprint density at radius 1 is 1.29 bits per heavy atom. The van der Waals surface area contributed by atoms with E-state index in [9.17, 15) is 13.2 Å². The van der Waals surface area contributed by atoms with Gasteiger partial charge < -0.3 is 9.84 Å². The number of benzene rings is 1. The van der Waals surface area contributed by atoms with Crippen LogP contribution in [0.3, 0.4) is 0 Å². The van der Waals surface area contributed by atoms with Gasteiger partial charge in [-0.1, -0.05) is 18.2 Å². The third-order valence-electron chi connectivity index (χ3n) is 2.49. The Kier molecular flexibility index (Phi) is 4.94. The fraction of sp³-hybridized carbons (Fsp3) is 0.154. The Hall–Kier alpha value is -1.90. The van der Waals surface area contributed by atoms with Gasteiger partial charge in [-0.15, -0.1) is 11.3 Å². The molecule has 21 heavy (non-hydrogen) atoms. The Morgan fingerprint density at radius 2 is 2.00 bits per heavy atom. The van der Waals surface area contributed by atoms with Gasteiger partial charge in [-0.3, -0.25) is 0 Å². The quantitative estimate of drug-likeness (QED) is 0.757. The van der Waals surface area contributed by atoms with Gasteiger partial charge in [0.2, 0.25) is 10.0 Å². The maximum absolute atomic E-state index is 11.9. The smallest absolute Gasteiger partial charge is 0.336 e. The largest absolute Gasteiger partial charge is 0.492 e. The van der Waals surface area contributed by atoms with Crippen LogP contribution in [0.5, 0.6) is 5.75 Å². The molecule has 0 aliphatic carbocycles. The topological polar surface area (TPSA) is 92.7 Å². The van der Waals surface area contributed by atoms with Crippen molar-refractivity contribution in [1.29, 1.82) is 0 Å². The van der Waals surface area contributed by atoms with Gasteiger partial charge in [0.15, 0.2) is 0 Å². The Balaban J connectivity index is 1.88. The normalized spacial score (nSPS) is 11.2. The van der Waals surface area contributed by atoms with Crippen LogP contribution in [0.25, 0.3) is 0 Å². The molecule has 2 rings (SSSR count). The lowest BCUT2D eigenvalue weighted by molar-refractivity contribution is 0.0697. The predicted molar refractivity (Wildman–Crippen MR) is 78.4 cm³/mol. The summed E-state index contributed by atoms with van der Waals surface area (Å²) in [6.45, 7) is 0.276. The molecule has 0 aliphatic rings. The van der Waals surface area contributed by atoms with Gasteiger partial charge in [0, 0.05) is 11.9 Å². The van der Waals surface area contributed by atoms with E-state index in [-0.39, 0.29) is 22.9 Å². The molecule has 1 heterocycles. The minimum atomic E-state index is -3.70. The Labute approximate surface area is 126 Å². The second kappa shape index (κ2) is 6.70. The highest BCUT2D eigenvalue weighted by molar-refractivity contribution is 7.91. The number of sulfonamides is 1. The van der Waals surface area contributed by atoms with Crippen molar-refractivity contribution in [3.63, 3.8) is 0 Å². The van der Waals surface area contributed by atoms with Crippen LogP contribution >= 0.6 is 11.3 Å². The number of rotatable bonds is 7. The molecule has 1 aromatic carbocycles. The summed E-state index contributed by atoms with van der Waals surface area (Å²) in [5.41, 5.74) is -0.0408. The minimum Gasteiger partial charge on any atom is -0.492 e. The molecule has 0 saturated carbocycles. The van der Waals surface area contributed by atoms with Crippen LogP contribution in [-0.4, -0.2) is 32.6 Å². The molecule has 2 N–H and O–H groups in total. The molecule has 2 aromatic rings. The second-order valence-corrected chi connectivity index (χ2v) is 6.92. The zero-order chi connectivity index (χ0) is 15.3. The summed E-state index contributed by atoms with van der Waals surface area (Å²) in [6, 6.07) is 10.2. The van der Waals surface area contributed by atoms with E-state index in [0.717, 1.165) is 17.4 Å². The van der Waals surface area contributed by atoms with Gasteiger partial charge in [-0.25, -0.2) is 17.9 Å². The Morgan fingerprint density at radius 3 is 2.62 bits per heavy atom. The van der Waals surface area contributed by atoms with Crippen molar-refractivity contribution in [1.82, 2.24) is 4.72 Å². The van der Waals surface area contributed by atoms with Crippen molar-refractivity contribution in [2.45, 2.75) is 4.21 Å². The van der Waals surface area contributed by atoms with Gasteiger partial charge in [0.25, 0.3) is 0 Å². The highest BCUT2D eigenvalue weighted by Gasteiger charge is 2.18. The third kappa shape index (κ3) is 4.28. The van der Waals surface area contributed by atoms with E-state index in [0.29, 0.717) is 5.75 Å². The highest BCUT2D eigenvalue weighted by atomic mass is 32.2. The number of para-hydroxylation sites is 1. The van der Waals surface area contributed by atoms with E-state index in [1.165, 1.54) is 5.38 Å². The highest BCUT2D eigenvalue weighted by Crippen LogP contribution is 2.19. The van der Waals surface area contributed by atoms with Crippen molar-refractivity contribution in [2.75, 3.05) is 13.2 Å². The molecule has 112 valence electrons. The third-order valence-corrected chi connectivity index (χ3v) is 5.39. The van der Waals surface area contributed by atoms with Crippen LogP contribution in [-0.2, 0) is 10.0 Å². The molecule has 6 nitrogen and oxygen atoms in total. The zero-order valence-electron chi connectivity index (χ0n) is 10.9. The molecule has 0 saturated heterocycles. The molecular formula is C13H13NO5S2. The first-order valence-electron chi connectivity index (χ1n) is 5.98. The lowest BCUT2D eigenvalue weighted by atomic mass is 10.3. The van der Waals surface area contributed by atoms with Crippen LogP contribution in [0.2, 0.25) is 0 Å². The standard InChI is InChI=1S/C13H13NO5S2/c15-13(16)10-8-12(20-9-10)21(17,18)14-6-7-19-11-4-2-1-3-5-11/h1-5,8-9,14H,6-7H2,(H,15,16). The fourth-order valence-corrected chi connectivity index (χ4v) is 3.71. The van der Waals surface area contributed by atoms with E-state index >= 15 is 0 Å². The second-order valence-electron chi connectivity index (χ2n) is 4.02. The lowest BCUT2D eigenvalue weighted by Crippen LogP contribution is -2.27. The van der Waals surface area contributed by atoms with Crippen LogP contribution in [0.4, 0.5) is 0 Å². The summed E-state index contributed by atoms with van der Waals surface area (Å²) >= 11 is 0.867. The van der Waals surface area contributed by atoms with Crippen molar-refractivity contribution in [3.05, 3.63) is 47.3 Å². The maximum atomic E-state index is 11.9. The molecule has 0 spiro atoms. The zero-order valence-corrected chi connectivity index (χ0v) is 12.5. The van der Waals surface area contributed by atoms with Gasteiger partial charge in [0.1, 0.15) is 16.6 Å². The van der Waals surface area contributed by atoms with Gasteiger partial charge in [0.05, 0.1) is 5.56 Å². The molecule has 0 radical (unpaired) electrons. The van der Waals surface area contributed by atoms with Crippen molar-refractivity contribution < 1.29 is 23.1 Å². The van der Waals surface area contributed by atoms with Gasteiger partial charge in [-0.2, -0.15) is 0 Å². The van der Waals surface area contributed by atoms with E-state index in [1.54, 1.807) is 12.1 Å². The molecule has 0 fully saturated rings. The van der Waals surface area contributed by atoms with Gasteiger partial charge in [-0.05, 0) is 18.2 Å². The first-order valence-corrected chi connectivity index (χ1v) is 8.35. The average Bonchev–Trinajstić information content (AvgIpc) is 2.96. The molecule has 0 amide bonds. The van der Waals surface area contributed by atoms with Gasteiger partial charge >= 0.3 is 5.97 Å². The monoisotopic (exact) mass is 327 g/mol. The summed E-state index contributed by atoms with van der Waals surface area (Å²) in [5, 5.41) is 10.1. The number of carboxylic acid groups (broad SMARTS) is 1. The van der Waals surface area contributed by atoms with E-state index in [2.05, 4.69) is 4.72 Å².